The largest absolute Gasteiger partial charge is 0.547 e. The van der Waals surface area contributed by atoms with Crippen LogP contribution in [0.2, 0.25) is 0 Å². The van der Waals surface area contributed by atoms with Gasteiger partial charge in [0.25, 0.3) is 0 Å². The first-order chi connectivity index (χ1) is 13.7. The van der Waals surface area contributed by atoms with Crippen molar-refractivity contribution >= 4 is 25.0 Å². The molecule has 2 rings (SSSR count). The van der Waals surface area contributed by atoms with Crippen LogP contribution in [0.15, 0.2) is 18.2 Å². The average molecular weight is 407 g/mol. The quantitative estimate of drug-likeness (QED) is 0.372. The molecule has 0 radical (unpaired) electrons. The molecule has 29 heavy (non-hydrogen) atoms. The SMILES string of the molecule is CCOC(C)(C)C(=O)OCOC(=O)c1cccc2c1OB(O)C(NC(=O)CC)C2. The molecule has 0 fully saturated rings. The highest BCUT2D eigenvalue weighted by Gasteiger charge is 2.38. The summed E-state index contributed by atoms with van der Waals surface area (Å²) in [4.78, 5) is 36.0. The van der Waals surface area contributed by atoms with E-state index in [1.54, 1.807) is 39.8 Å². The number of para-hydroxylation sites is 1. The van der Waals surface area contributed by atoms with Crippen LogP contribution in [0, 0.1) is 0 Å². The highest BCUT2D eigenvalue weighted by atomic mass is 16.7. The van der Waals surface area contributed by atoms with E-state index in [4.69, 9.17) is 18.9 Å². The number of benzene rings is 1. The van der Waals surface area contributed by atoms with Gasteiger partial charge in [-0.15, -0.1) is 0 Å². The number of amides is 1. The molecule has 158 valence electrons. The minimum atomic E-state index is -1.31. The minimum Gasteiger partial charge on any atom is -0.534 e. The van der Waals surface area contributed by atoms with E-state index in [2.05, 4.69) is 5.32 Å². The van der Waals surface area contributed by atoms with Gasteiger partial charge < -0.3 is 29.2 Å². The van der Waals surface area contributed by atoms with E-state index in [-0.39, 0.29) is 23.6 Å². The van der Waals surface area contributed by atoms with E-state index < -0.39 is 37.4 Å². The number of nitrogens with one attached hydrogen (secondary N) is 1. The fourth-order valence-corrected chi connectivity index (χ4v) is 2.83. The highest BCUT2D eigenvalue weighted by Crippen LogP contribution is 2.30. The van der Waals surface area contributed by atoms with Gasteiger partial charge in [0, 0.05) is 13.0 Å². The molecule has 9 nitrogen and oxygen atoms in total. The maximum Gasteiger partial charge on any atom is 0.547 e. The zero-order valence-corrected chi connectivity index (χ0v) is 17.0. The molecular formula is C19H26BNO8. The molecule has 0 saturated carbocycles. The smallest absolute Gasteiger partial charge is 0.534 e. The molecule has 1 aliphatic rings. The molecule has 0 aromatic heterocycles. The summed E-state index contributed by atoms with van der Waals surface area (Å²) in [5.41, 5.74) is -0.430. The Hall–Kier alpha value is -2.59. The molecule has 1 amide bonds. The molecule has 0 aliphatic carbocycles. The van der Waals surface area contributed by atoms with E-state index in [1.807, 2.05) is 0 Å². The van der Waals surface area contributed by atoms with Crippen molar-refractivity contribution in [3.8, 4) is 5.75 Å². The van der Waals surface area contributed by atoms with E-state index in [1.165, 1.54) is 6.07 Å². The maximum absolute atomic E-state index is 12.4. The predicted octanol–water partition coefficient (Wildman–Crippen LogP) is 1.01. The molecular weight excluding hydrogens is 381 g/mol. The fraction of sp³-hybridized carbons (Fsp3) is 0.526. The number of carbonyl (C=O) groups excluding carboxylic acids is 3. The van der Waals surface area contributed by atoms with Crippen molar-refractivity contribution in [1.82, 2.24) is 5.32 Å². The Morgan fingerprint density at radius 3 is 2.66 bits per heavy atom. The van der Waals surface area contributed by atoms with Crippen LogP contribution >= 0.6 is 0 Å². The number of fused-ring (bicyclic) bond motifs is 1. The van der Waals surface area contributed by atoms with E-state index >= 15 is 0 Å². The van der Waals surface area contributed by atoms with Gasteiger partial charge in [-0.25, -0.2) is 9.59 Å². The van der Waals surface area contributed by atoms with Crippen molar-refractivity contribution in [2.24, 2.45) is 0 Å². The molecule has 1 unspecified atom stereocenters. The van der Waals surface area contributed by atoms with Crippen LogP contribution in [0.1, 0.15) is 50.0 Å². The third-order valence-electron chi connectivity index (χ3n) is 4.38. The Morgan fingerprint density at radius 1 is 1.28 bits per heavy atom. The lowest BCUT2D eigenvalue weighted by Crippen LogP contribution is -2.53. The van der Waals surface area contributed by atoms with Gasteiger partial charge >= 0.3 is 19.1 Å². The predicted molar refractivity (Wildman–Crippen MR) is 103 cm³/mol. The summed E-state index contributed by atoms with van der Waals surface area (Å²) in [6.07, 6.45) is 0.572. The third kappa shape index (κ3) is 5.71. The molecule has 0 saturated heterocycles. The Morgan fingerprint density at radius 2 is 2.00 bits per heavy atom. The monoisotopic (exact) mass is 407 g/mol. The Labute approximate surface area is 169 Å². The van der Waals surface area contributed by atoms with Gasteiger partial charge in [0.05, 0.1) is 5.94 Å². The zero-order valence-electron chi connectivity index (χ0n) is 17.0. The normalized spacial score (nSPS) is 15.8. The van der Waals surface area contributed by atoms with Crippen LogP contribution in [-0.4, -0.2) is 54.9 Å². The summed E-state index contributed by atoms with van der Waals surface area (Å²) < 4.78 is 20.7. The average Bonchev–Trinajstić information content (AvgIpc) is 2.67. The van der Waals surface area contributed by atoms with Gasteiger partial charge in [-0.05, 0) is 38.8 Å². The minimum absolute atomic E-state index is 0.0851. The molecule has 1 aromatic rings. The van der Waals surface area contributed by atoms with Crippen molar-refractivity contribution in [1.29, 1.82) is 0 Å². The lowest BCUT2D eigenvalue weighted by atomic mass is 9.72. The molecule has 10 heteroatoms. The van der Waals surface area contributed by atoms with E-state index in [9.17, 15) is 19.4 Å². The maximum atomic E-state index is 12.4. The number of ether oxygens (including phenoxy) is 3. The van der Waals surface area contributed by atoms with Gasteiger partial charge in [-0.3, -0.25) is 4.79 Å². The standard InChI is InChI=1S/C19H26BNO8/c1-5-15(22)21-14-10-12-8-7-9-13(16(12)29-20(14)25)17(23)26-11-27-18(24)19(3,4)28-6-2/h7-9,14,25H,5-6,10-11H2,1-4H3,(H,21,22). The third-order valence-corrected chi connectivity index (χ3v) is 4.38. The van der Waals surface area contributed by atoms with Crippen molar-refractivity contribution in [2.45, 2.75) is 52.1 Å². The molecule has 0 spiro atoms. The molecule has 0 bridgehead atoms. The van der Waals surface area contributed by atoms with Gasteiger partial charge in [0.15, 0.2) is 5.60 Å². The van der Waals surface area contributed by atoms with Crippen molar-refractivity contribution in [3.05, 3.63) is 29.3 Å². The molecule has 2 N–H and O–H groups in total. The molecule has 1 atom stereocenters. The lowest BCUT2D eigenvalue weighted by Gasteiger charge is -2.29. The van der Waals surface area contributed by atoms with E-state index in [0.29, 0.717) is 18.6 Å². The van der Waals surface area contributed by atoms with Gasteiger partial charge in [-0.2, -0.15) is 0 Å². The first-order valence-corrected chi connectivity index (χ1v) is 9.43. The second kappa shape index (κ2) is 9.75. The highest BCUT2D eigenvalue weighted by molar-refractivity contribution is 6.47. The molecule has 1 aliphatic heterocycles. The van der Waals surface area contributed by atoms with Crippen molar-refractivity contribution < 1.29 is 38.3 Å². The van der Waals surface area contributed by atoms with Crippen LogP contribution in [-0.2, 0) is 30.2 Å². The number of rotatable bonds is 8. The summed E-state index contributed by atoms with van der Waals surface area (Å²) >= 11 is 0. The Bertz CT molecular complexity index is 767. The van der Waals surface area contributed by atoms with Crippen LogP contribution in [0.25, 0.3) is 0 Å². The summed E-state index contributed by atoms with van der Waals surface area (Å²) in [5, 5.41) is 12.9. The topological polar surface area (TPSA) is 120 Å². The summed E-state index contributed by atoms with van der Waals surface area (Å²) in [6.45, 7) is 6.30. The number of carbonyl (C=O) groups is 3. The first kappa shape index (κ1) is 22.7. The van der Waals surface area contributed by atoms with Crippen molar-refractivity contribution in [3.63, 3.8) is 0 Å². The van der Waals surface area contributed by atoms with Crippen LogP contribution in [0.3, 0.4) is 0 Å². The van der Waals surface area contributed by atoms with E-state index in [0.717, 1.165) is 0 Å². The Kier molecular flexibility index (Phi) is 7.63. The number of hydrogen-bond donors (Lipinski definition) is 2. The van der Waals surface area contributed by atoms with Crippen molar-refractivity contribution in [2.75, 3.05) is 13.4 Å². The van der Waals surface area contributed by atoms with Crippen LogP contribution < -0.4 is 9.97 Å². The summed E-state index contributed by atoms with van der Waals surface area (Å²) in [5.74, 6) is -2.10. The summed E-state index contributed by atoms with van der Waals surface area (Å²) in [6, 6.07) is 4.85. The lowest BCUT2D eigenvalue weighted by molar-refractivity contribution is -0.175. The second-order valence-corrected chi connectivity index (χ2v) is 6.96. The van der Waals surface area contributed by atoms with Gasteiger partial charge in [0.1, 0.15) is 11.3 Å². The number of hydrogen-bond acceptors (Lipinski definition) is 8. The van der Waals surface area contributed by atoms with Gasteiger partial charge in [-0.1, -0.05) is 19.1 Å². The zero-order chi connectivity index (χ0) is 21.6. The Balaban J connectivity index is 2.02. The molecule has 1 aromatic carbocycles. The summed E-state index contributed by atoms with van der Waals surface area (Å²) in [7, 11) is -1.31. The van der Waals surface area contributed by atoms with Crippen LogP contribution in [0.5, 0.6) is 5.75 Å². The molecule has 1 heterocycles. The second-order valence-electron chi connectivity index (χ2n) is 6.96. The number of esters is 2. The van der Waals surface area contributed by atoms with Crippen LogP contribution in [0.4, 0.5) is 0 Å². The first-order valence-electron chi connectivity index (χ1n) is 9.43. The van der Waals surface area contributed by atoms with Gasteiger partial charge in [0.2, 0.25) is 12.7 Å². The fourth-order valence-electron chi connectivity index (χ4n) is 2.83.